The molecular formula is C8H13FSi. The lowest BCUT2D eigenvalue weighted by atomic mass is 10.4. The van der Waals surface area contributed by atoms with Gasteiger partial charge in [-0.2, -0.15) is 0 Å². The van der Waals surface area contributed by atoms with E-state index in [0.717, 1.165) is 0 Å². The van der Waals surface area contributed by atoms with Crippen LogP contribution in [0.25, 0.3) is 0 Å². The Hall–Kier alpha value is -0.633. The quantitative estimate of drug-likeness (QED) is 0.541. The van der Waals surface area contributed by atoms with E-state index in [4.69, 9.17) is 0 Å². The molecule has 0 nitrogen and oxygen atoms in total. The molecule has 0 N–H and O–H groups in total. The minimum Gasteiger partial charge on any atom is -0.269 e. The number of benzene rings is 1. The van der Waals surface area contributed by atoms with Crippen molar-refractivity contribution in [3.63, 3.8) is 0 Å². The average molecular weight is 156 g/mol. The third-order valence-corrected chi connectivity index (χ3v) is 3.18. The second-order valence-corrected chi connectivity index (χ2v) is 5.54. The third kappa shape index (κ3) is 2.31. The summed E-state index contributed by atoms with van der Waals surface area (Å²) in [4.78, 5) is 0. The first-order chi connectivity index (χ1) is 4.30. The van der Waals surface area contributed by atoms with Crippen LogP contribution in [0.5, 0.6) is 0 Å². The molecule has 0 heterocycles. The van der Waals surface area contributed by atoms with Gasteiger partial charge in [-0.15, -0.1) is 0 Å². The van der Waals surface area contributed by atoms with Crippen LogP contribution in [0.2, 0.25) is 13.1 Å². The molecule has 0 saturated heterocycles. The van der Waals surface area contributed by atoms with Crippen molar-refractivity contribution in [2.75, 3.05) is 0 Å². The molecule has 0 aliphatic heterocycles. The summed E-state index contributed by atoms with van der Waals surface area (Å²) in [6.45, 7) is 4.69. The van der Waals surface area contributed by atoms with Crippen LogP contribution in [0, 0.1) is 0 Å². The zero-order chi connectivity index (χ0) is 6.69. The maximum atomic E-state index is 2.34. The predicted molar refractivity (Wildman–Crippen MR) is 47.5 cm³/mol. The minimum atomic E-state index is -0.529. The number of hydrogen-bond acceptors (Lipinski definition) is 0. The van der Waals surface area contributed by atoms with Gasteiger partial charge in [-0.25, -0.2) is 0 Å². The second-order valence-electron chi connectivity index (χ2n) is 2.57. The van der Waals surface area contributed by atoms with Gasteiger partial charge in [-0.1, -0.05) is 48.6 Å². The van der Waals surface area contributed by atoms with Gasteiger partial charge in [0.05, 0.1) is 8.80 Å². The second kappa shape index (κ2) is 4.23. The van der Waals surface area contributed by atoms with Gasteiger partial charge in [0.15, 0.2) is 0 Å². The molecule has 0 bridgehead atoms. The summed E-state index contributed by atoms with van der Waals surface area (Å²) < 4.78 is 0. The average Bonchev–Trinajstić information content (AvgIpc) is 1.90. The first-order valence-corrected chi connectivity index (χ1v) is 6.24. The Morgan fingerprint density at radius 2 is 1.50 bits per heavy atom. The van der Waals surface area contributed by atoms with E-state index < -0.39 is 8.80 Å². The summed E-state index contributed by atoms with van der Waals surface area (Å²) >= 11 is 0. The standard InChI is InChI=1S/C8H12Si.FH/c1-9(2)8-6-4-3-5-7-8;/h3-7,9H,1-2H3;1H. The molecule has 0 aromatic heterocycles. The molecule has 0 unspecified atom stereocenters. The van der Waals surface area contributed by atoms with Crippen molar-refractivity contribution < 1.29 is 4.70 Å². The molecule has 0 amide bonds. The van der Waals surface area contributed by atoms with Crippen LogP contribution in [-0.4, -0.2) is 8.80 Å². The van der Waals surface area contributed by atoms with Crippen LogP contribution in [0.15, 0.2) is 30.3 Å². The van der Waals surface area contributed by atoms with Crippen molar-refractivity contribution in [1.82, 2.24) is 0 Å². The summed E-state index contributed by atoms with van der Waals surface area (Å²) in [6.07, 6.45) is 0. The van der Waals surface area contributed by atoms with Crippen LogP contribution in [0.3, 0.4) is 0 Å². The van der Waals surface area contributed by atoms with Crippen LogP contribution in [0.4, 0.5) is 4.70 Å². The van der Waals surface area contributed by atoms with Crippen molar-refractivity contribution in [1.29, 1.82) is 0 Å². The third-order valence-electron chi connectivity index (χ3n) is 1.47. The molecule has 0 spiro atoms. The summed E-state index contributed by atoms with van der Waals surface area (Å²) in [5.41, 5.74) is 0. The van der Waals surface area contributed by atoms with E-state index in [1.165, 1.54) is 0 Å². The van der Waals surface area contributed by atoms with Gasteiger partial charge in [-0.05, 0) is 0 Å². The van der Waals surface area contributed by atoms with Crippen LogP contribution in [-0.2, 0) is 0 Å². The van der Waals surface area contributed by atoms with Crippen molar-refractivity contribution >= 4 is 14.0 Å². The zero-order valence-corrected chi connectivity index (χ0v) is 7.53. The van der Waals surface area contributed by atoms with Gasteiger partial charge in [0, 0.05) is 0 Å². The lowest BCUT2D eigenvalue weighted by Gasteiger charge is -1.99. The normalized spacial score (nSPS) is 9.10. The lowest BCUT2D eigenvalue weighted by molar-refractivity contribution is 1.11. The molecule has 0 fully saturated rings. The smallest absolute Gasteiger partial charge is 0.0647 e. The fourth-order valence-corrected chi connectivity index (χ4v) is 1.83. The summed E-state index contributed by atoms with van der Waals surface area (Å²) in [5.74, 6) is 0. The summed E-state index contributed by atoms with van der Waals surface area (Å²) in [7, 11) is -0.529. The van der Waals surface area contributed by atoms with E-state index in [1.54, 1.807) is 5.19 Å². The predicted octanol–water partition coefficient (Wildman–Crippen LogP) is 1.53. The van der Waals surface area contributed by atoms with Crippen LogP contribution in [0.1, 0.15) is 0 Å². The van der Waals surface area contributed by atoms with Gasteiger partial charge in [0.1, 0.15) is 0 Å². The van der Waals surface area contributed by atoms with Crippen molar-refractivity contribution in [3.05, 3.63) is 30.3 Å². The fraction of sp³-hybridized carbons (Fsp3) is 0.250. The van der Waals surface area contributed by atoms with E-state index in [0.29, 0.717) is 0 Å². The highest BCUT2D eigenvalue weighted by Crippen LogP contribution is 1.85. The summed E-state index contributed by atoms with van der Waals surface area (Å²) in [5, 5.41) is 1.55. The topological polar surface area (TPSA) is 0 Å². The molecule has 1 aromatic rings. The van der Waals surface area contributed by atoms with Gasteiger partial charge >= 0.3 is 0 Å². The molecule has 0 aliphatic carbocycles. The van der Waals surface area contributed by atoms with Crippen LogP contribution >= 0.6 is 0 Å². The number of halogens is 1. The largest absolute Gasteiger partial charge is 0.269 e. The molecule has 1 aromatic carbocycles. The Kier molecular flexibility index (Phi) is 3.96. The Morgan fingerprint density at radius 3 is 1.80 bits per heavy atom. The van der Waals surface area contributed by atoms with E-state index >= 15 is 0 Å². The van der Waals surface area contributed by atoms with E-state index in [2.05, 4.69) is 43.4 Å². The fourth-order valence-electron chi connectivity index (χ4n) is 0.838. The minimum absolute atomic E-state index is 0. The highest BCUT2D eigenvalue weighted by molar-refractivity contribution is 6.70. The highest BCUT2D eigenvalue weighted by Gasteiger charge is 1.95. The molecule has 0 atom stereocenters. The Morgan fingerprint density at radius 1 is 1.00 bits per heavy atom. The highest BCUT2D eigenvalue weighted by atomic mass is 28.3. The van der Waals surface area contributed by atoms with E-state index in [9.17, 15) is 0 Å². The van der Waals surface area contributed by atoms with Crippen molar-refractivity contribution in [2.45, 2.75) is 13.1 Å². The maximum absolute atomic E-state index is 2.34. The SMILES string of the molecule is C[SiH](C)c1ccccc1.F. The Balaban J connectivity index is 0.000000810. The van der Waals surface area contributed by atoms with E-state index in [1.807, 2.05) is 0 Å². The maximum Gasteiger partial charge on any atom is 0.0647 e. The number of hydrogen-bond donors (Lipinski definition) is 0. The summed E-state index contributed by atoms with van der Waals surface area (Å²) in [6, 6.07) is 10.7. The van der Waals surface area contributed by atoms with Gasteiger partial charge in [-0.3, -0.25) is 4.70 Å². The zero-order valence-electron chi connectivity index (χ0n) is 6.37. The van der Waals surface area contributed by atoms with Crippen LogP contribution < -0.4 is 5.19 Å². The first kappa shape index (κ1) is 9.37. The molecular weight excluding hydrogens is 143 g/mol. The lowest BCUT2D eigenvalue weighted by Crippen LogP contribution is -2.21. The molecule has 0 radical (unpaired) electrons. The van der Waals surface area contributed by atoms with Crippen molar-refractivity contribution in [2.24, 2.45) is 0 Å². The number of rotatable bonds is 1. The van der Waals surface area contributed by atoms with Gasteiger partial charge in [0.25, 0.3) is 0 Å². The van der Waals surface area contributed by atoms with E-state index in [-0.39, 0.29) is 4.70 Å². The molecule has 2 heteroatoms. The Labute approximate surface area is 62.9 Å². The van der Waals surface area contributed by atoms with Gasteiger partial charge < -0.3 is 0 Å². The molecule has 1 rings (SSSR count). The van der Waals surface area contributed by atoms with Gasteiger partial charge in [0.2, 0.25) is 0 Å². The first-order valence-electron chi connectivity index (χ1n) is 3.35. The Bertz CT molecular complexity index is 172. The molecule has 56 valence electrons. The molecule has 0 aliphatic rings. The molecule has 0 saturated carbocycles. The van der Waals surface area contributed by atoms with Crippen molar-refractivity contribution in [3.8, 4) is 0 Å². The monoisotopic (exact) mass is 156 g/mol. The molecule has 10 heavy (non-hydrogen) atoms.